The SMILES string of the molecule is CC(C)([16OH])C=C[C@@H]1[C@@H](CC=C=CCC(Oc2ccccc2)(C(=O)O)C(F)(F)F)[C@@H]([16OH])C[C@H]1[16OH]. The zero-order chi connectivity index (χ0) is 24.9. The standard InChI is InChI=1S/C24H29F3O6/c1-22(2,32)14-12-18-17(19(28)15-20(18)29)11-7-4-8-13-23(21(30)31,24(25,26)27)33-16-9-5-3-6-10-16/h3,5-10,12,14,17-20,28-29,32H,11,13,15H2,1-2H3,(H,30,31)/t4?,17-,18-,19+,20-,23?/m1/s1/i28+0,29+0,32+0. The summed E-state index contributed by atoms with van der Waals surface area (Å²) in [6.45, 7) is 3.12. The number of para-hydroxylation sites is 1. The van der Waals surface area contributed by atoms with Crippen molar-refractivity contribution >= 4 is 5.97 Å². The molecule has 1 unspecified atom stereocenters. The van der Waals surface area contributed by atoms with Gasteiger partial charge in [0.15, 0.2) is 0 Å². The lowest BCUT2D eigenvalue weighted by atomic mass is 9.89. The van der Waals surface area contributed by atoms with E-state index in [0.717, 1.165) is 6.08 Å². The van der Waals surface area contributed by atoms with Gasteiger partial charge in [-0.25, -0.2) is 4.79 Å². The summed E-state index contributed by atoms with van der Waals surface area (Å²) in [6, 6.07) is 6.88. The molecule has 1 aliphatic carbocycles. The molecular formula is C24H29F3O6. The Kier molecular flexibility index (Phi) is 8.54. The van der Waals surface area contributed by atoms with Gasteiger partial charge in [0.2, 0.25) is 0 Å². The highest BCUT2D eigenvalue weighted by molar-refractivity contribution is 5.79. The number of carboxylic acid groups (broad SMARTS) is 1. The third kappa shape index (κ3) is 6.95. The normalized spacial score (nSPS) is 25.3. The molecule has 0 radical (unpaired) electrons. The van der Waals surface area contributed by atoms with Crippen LogP contribution in [-0.2, 0) is 4.79 Å². The van der Waals surface area contributed by atoms with Gasteiger partial charge >= 0.3 is 17.7 Å². The van der Waals surface area contributed by atoms with E-state index in [1.807, 2.05) is 0 Å². The highest BCUT2D eigenvalue weighted by Gasteiger charge is 2.63. The minimum atomic E-state index is -5.20. The number of hydrogen-bond acceptors (Lipinski definition) is 5. The minimum absolute atomic E-state index is 0.129. The average Bonchev–Trinajstić information content (AvgIpc) is 2.96. The average molecular weight is 470 g/mol. The maximum atomic E-state index is 13.7. The summed E-state index contributed by atoms with van der Waals surface area (Å²) in [7, 11) is 0. The van der Waals surface area contributed by atoms with Crippen LogP contribution in [0, 0.1) is 11.8 Å². The van der Waals surface area contributed by atoms with Crippen LogP contribution in [0.4, 0.5) is 13.2 Å². The van der Waals surface area contributed by atoms with E-state index in [0.29, 0.717) is 0 Å². The van der Waals surface area contributed by atoms with Crippen molar-refractivity contribution in [2.75, 3.05) is 0 Å². The summed E-state index contributed by atoms with van der Waals surface area (Å²) in [5.74, 6) is -3.31. The predicted octanol–water partition coefficient (Wildman–Crippen LogP) is 3.63. The van der Waals surface area contributed by atoms with Crippen molar-refractivity contribution in [2.24, 2.45) is 11.8 Å². The van der Waals surface area contributed by atoms with Crippen molar-refractivity contribution in [3.8, 4) is 5.75 Å². The largest absolute Gasteiger partial charge is 0.478 e. The topological polar surface area (TPSA) is 107 Å². The molecule has 1 fully saturated rings. The minimum Gasteiger partial charge on any atom is -0.478 e. The van der Waals surface area contributed by atoms with Gasteiger partial charge < -0.3 is 25.2 Å². The zero-order valence-corrected chi connectivity index (χ0v) is 18.4. The van der Waals surface area contributed by atoms with E-state index >= 15 is 0 Å². The Balaban J connectivity index is 2.19. The van der Waals surface area contributed by atoms with Gasteiger partial charge in [0.05, 0.1) is 17.8 Å². The van der Waals surface area contributed by atoms with E-state index in [-0.39, 0.29) is 18.6 Å². The van der Waals surface area contributed by atoms with Crippen LogP contribution in [0.5, 0.6) is 5.75 Å². The molecule has 1 aromatic rings. The molecule has 33 heavy (non-hydrogen) atoms. The van der Waals surface area contributed by atoms with Crippen LogP contribution in [0.1, 0.15) is 33.1 Å². The fourth-order valence-electron chi connectivity index (χ4n) is 3.70. The van der Waals surface area contributed by atoms with Crippen molar-refractivity contribution in [1.82, 2.24) is 0 Å². The van der Waals surface area contributed by atoms with Gasteiger partial charge in [0.25, 0.3) is 0 Å². The predicted molar refractivity (Wildman–Crippen MR) is 114 cm³/mol. The molecule has 0 saturated heterocycles. The van der Waals surface area contributed by atoms with Gasteiger partial charge in [-0.15, -0.1) is 5.73 Å². The van der Waals surface area contributed by atoms with Crippen LogP contribution >= 0.6 is 0 Å². The quantitative estimate of drug-likeness (QED) is 0.324. The van der Waals surface area contributed by atoms with Crippen LogP contribution < -0.4 is 4.74 Å². The second kappa shape index (κ2) is 10.6. The molecule has 0 aromatic heterocycles. The van der Waals surface area contributed by atoms with Crippen LogP contribution in [0.3, 0.4) is 0 Å². The number of alkyl halides is 3. The molecule has 0 bridgehead atoms. The second-order valence-corrected chi connectivity index (χ2v) is 8.68. The fourth-order valence-corrected chi connectivity index (χ4v) is 3.70. The van der Waals surface area contributed by atoms with Gasteiger partial charge in [-0.2, -0.15) is 13.2 Å². The Morgan fingerprint density at radius 2 is 1.79 bits per heavy atom. The molecule has 1 aliphatic rings. The van der Waals surface area contributed by atoms with Gasteiger partial charge in [-0.1, -0.05) is 30.4 Å². The van der Waals surface area contributed by atoms with Crippen molar-refractivity contribution < 1.29 is 43.1 Å². The molecule has 5 atom stereocenters. The summed E-state index contributed by atoms with van der Waals surface area (Å²) in [4.78, 5) is 11.6. The summed E-state index contributed by atoms with van der Waals surface area (Å²) in [6.07, 6.45) is -2.12. The summed E-state index contributed by atoms with van der Waals surface area (Å²) in [5.41, 5.74) is -2.05. The highest BCUT2D eigenvalue weighted by atomic mass is 19.4. The summed E-state index contributed by atoms with van der Waals surface area (Å²) < 4.78 is 46.1. The monoisotopic (exact) mass is 470 g/mol. The molecule has 2 rings (SSSR count). The Labute approximate surface area is 190 Å². The van der Waals surface area contributed by atoms with Crippen molar-refractivity contribution in [1.29, 1.82) is 0 Å². The molecule has 4 N–H and O–H groups in total. The van der Waals surface area contributed by atoms with Gasteiger partial charge in [-0.05, 0) is 50.5 Å². The molecule has 0 amide bonds. The van der Waals surface area contributed by atoms with Crippen LogP contribution in [0.2, 0.25) is 0 Å². The number of carbonyl (C=O) groups is 1. The summed E-state index contributed by atoms with van der Waals surface area (Å²) in [5, 5.41) is 39.6. The maximum Gasteiger partial charge on any atom is 0.439 e. The first-order valence-electron chi connectivity index (χ1n) is 10.5. The van der Waals surface area contributed by atoms with E-state index in [1.54, 1.807) is 26.0 Å². The van der Waals surface area contributed by atoms with Gasteiger partial charge in [0, 0.05) is 18.8 Å². The van der Waals surface area contributed by atoms with Gasteiger partial charge in [0.1, 0.15) is 5.75 Å². The van der Waals surface area contributed by atoms with Crippen LogP contribution in [0.25, 0.3) is 0 Å². The zero-order valence-electron chi connectivity index (χ0n) is 18.4. The lowest BCUT2D eigenvalue weighted by Crippen LogP contribution is -2.56. The molecule has 182 valence electrons. The lowest BCUT2D eigenvalue weighted by Gasteiger charge is -2.31. The smallest absolute Gasteiger partial charge is 0.439 e. The van der Waals surface area contributed by atoms with E-state index in [2.05, 4.69) is 5.73 Å². The Bertz CT molecular complexity index is 884. The number of halogens is 3. The molecule has 1 aromatic carbocycles. The molecule has 1 saturated carbocycles. The number of rotatable bonds is 9. The van der Waals surface area contributed by atoms with E-state index in [4.69, 9.17) is 4.74 Å². The lowest BCUT2D eigenvalue weighted by molar-refractivity contribution is -0.249. The number of ether oxygens (including phenoxy) is 1. The third-order valence-corrected chi connectivity index (χ3v) is 5.50. The Hall–Kier alpha value is -2.58. The number of aliphatic hydroxyl groups excluding tert-OH is 2. The van der Waals surface area contributed by atoms with Crippen molar-refractivity contribution in [3.05, 3.63) is 60.4 Å². The van der Waals surface area contributed by atoms with E-state index in [1.165, 1.54) is 36.4 Å². The first-order valence-corrected chi connectivity index (χ1v) is 10.5. The summed E-state index contributed by atoms with van der Waals surface area (Å²) >= 11 is 0. The van der Waals surface area contributed by atoms with Crippen LogP contribution in [0.15, 0.2) is 60.4 Å². The molecular weight excluding hydrogens is 441 g/mol. The number of hydrogen-bond donors (Lipinski definition) is 4. The number of benzene rings is 1. The second-order valence-electron chi connectivity index (χ2n) is 8.68. The Morgan fingerprint density at radius 1 is 1.15 bits per heavy atom. The first-order chi connectivity index (χ1) is 15.3. The van der Waals surface area contributed by atoms with Gasteiger partial charge in [-0.3, -0.25) is 0 Å². The molecule has 0 heterocycles. The maximum absolute atomic E-state index is 13.7. The van der Waals surface area contributed by atoms with Crippen LogP contribution in [-0.4, -0.2) is 56.0 Å². The highest BCUT2D eigenvalue weighted by Crippen LogP contribution is 2.39. The number of aliphatic hydroxyl groups is 3. The number of aliphatic carboxylic acids is 1. The molecule has 0 spiro atoms. The first kappa shape index (κ1) is 26.7. The molecule has 6 nitrogen and oxygen atoms in total. The van der Waals surface area contributed by atoms with Crippen molar-refractivity contribution in [2.45, 2.75) is 62.7 Å². The Morgan fingerprint density at radius 3 is 2.33 bits per heavy atom. The van der Waals surface area contributed by atoms with Crippen molar-refractivity contribution in [3.63, 3.8) is 0 Å². The van der Waals surface area contributed by atoms with E-state index in [9.17, 15) is 38.4 Å². The van der Waals surface area contributed by atoms with E-state index < -0.39 is 53.8 Å². The molecule has 9 heteroatoms. The molecule has 0 aliphatic heterocycles. The number of carboxylic acids is 1. The third-order valence-electron chi connectivity index (χ3n) is 5.50. The fraction of sp³-hybridized carbons (Fsp3) is 0.500.